The Morgan fingerprint density at radius 2 is 2.25 bits per heavy atom. The quantitative estimate of drug-likeness (QED) is 0.866. The lowest BCUT2D eigenvalue weighted by molar-refractivity contribution is 0.722. The molecule has 0 saturated heterocycles. The first-order valence-electron chi connectivity index (χ1n) is 5.37. The van der Waals surface area contributed by atoms with Crippen molar-refractivity contribution in [3.05, 3.63) is 45.4 Å². The van der Waals surface area contributed by atoms with Gasteiger partial charge in [0.2, 0.25) is 0 Å². The standard InChI is InChI=1S/C12H15ClN2S/c1-2-14-7-10-5-6-15(8-10)9-11-3-4-12(13)16-11/h3-6,8,14H,2,7,9H2,1H3. The molecule has 2 rings (SSSR count). The third-order valence-corrected chi connectivity index (χ3v) is 3.57. The number of nitrogens with zero attached hydrogens (tertiary/aromatic N) is 1. The van der Waals surface area contributed by atoms with E-state index in [1.54, 1.807) is 11.3 Å². The van der Waals surface area contributed by atoms with E-state index in [0.717, 1.165) is 24.0 Å². The largest absolute Gasteiger partial charge is 0.349 e. The van der Waals surface area contributed by atoms with Crippen LogP contribution in [-0.2, 0) is 13.1 Å². The molecule has 86 valence electrons. The van der Waals surface area contributed by atoms with Crippen LogP contribution < -0.4 is 5.32 Å². The molecular formula is C12H15ClN2S. The van der Waals surface area contributed by atoms with E-state index in [-0.39, 0.29) is 0 Å². The van der Waals surface area contributed by atoms with E-state index in [9.17, 15) is 0 Å². The predicted molar refractivity (Wildman–Crippen MR) is 70.2 cm³/mol. The van der Waals surface area contributed by atoms with Gasteiger partial charge < -0.3 is 9.88 Å². The zero-order valence-electron chi connectivity index (χ0n) is 9.24. The number of hydrogen-bond donors (Lipinski definition) is 1. The first kappa shape index (κ1) is 11.7. The average molecular weight is 255 g/mol. The Labute approximate surface area is 105 Å². The molecule has 0 amide bonds. The van der Waals surface area contributed by atoms with E-state index in [2.05, 4.69) is 41.3 Å². The minimum absolute atomic E-state index is 0.857. The second kappa shape index (κ2) is 5.53. The SMILES string of the molecule is CCNCc1ccn(Cc2ccc(Cl)s2)c1. The van der Waals surface area contributed by atoms with Gasteiger partial charge in [0.25, 0.3) is 0 Å². The lowest BCUT2D eigenvalue weighted by atomic mass is 10.3. The van der Waals surface area contributed by atoms with Gasteiger partial charge in [0, 0.05) is 23.8 Å². The molecular weight excluding hydrogens is 240 g/mol. The van der Waals surface area contributed by atoms with Crippen LogP contribution in [0.15, 0.2) is 30.6 Å². The average Bonchev–Trinajstić information content (AvgIpc) is 2.86. The molecule has 2 aromatic heterocycles. The van der Waals surface area contributed by atoms with Crippen molar-refractivity contribution in [1.82, 2.24) is 9.88 Å². The second-order valence-electron chi connectivity index (χ2n) is 3.68. The summed E-state index contributed by atoms with van der Waals surface area (Å²) < 4.78 is 3.05. The fourth-order valence-corrected chi connectivity index (χ4v) is 2.68. The molecule has 0 atom stereocenters. The number of rotatable bonds is 5. The van der Waals surface area contributed by atoms with E-state index in [1.807, 2.05) is 6.07 Å². The summed E-state index contributed by atoms with van der Waals surface area (Å²) in [5.74, 6) is 0. The number of nitrogens with one attached hydrogen (secondary N) is 1. The third kappa shape index (κ3) is 3.11. The van der Waals surface area contributed by atoms with Gasteiger partial charge in [-0.15, -0.1) is 11.3 Å². The molecule has 2 nitrogen and oxygen atoms in total. The highest BCUT2D eigenvalue weighted by atomic mass is 35.5. The van der Waals surface area contributed by atoms with Crippen molar-refractivity contribution < 1.29 is 0 Å². The third-order valence-electron chi connectivity index (χ3n) is 2.36. The Bertz CT molecular complexity index is 447. The Kier molecular flexibility index (Phi) is 4.04. The Morgan fingerprint density at radius 3 is 2.94 bits per heavy atom. The zero-order valence-corrected chi connectivity index (χ0v) is 10.8. The van der Waals surface area contributed by atoms with E-state index >= 15 is 0 Å². The molecule has 2 heterocycles. The molecule has 0 spiro atoms. The number of aromatic nitrogens is 1. The fourth-order valence-electron chi connectivity index (χ4n) is 1.58. The molecule has 0 saturated carbocycles. The molecule has 0 aliphatic carbocycles. The monoisotopic (exact) mass is 254 g/mol. The molecule has 0 aliphatic rings. The maximum absolute atomic E-state index is 5.90. The van der Waals surface area contributed by atoms with Gasteiger partial charge >= 0.3 is 0 Å². The molecule has 0 aromatic carbocycles. The second-order valence-corrected chi connectivity index (χ2v) is 5.48. The smallest absolute Gasteiger partial charge is 0.0931 e. The highest BCUT2D eigenvalue weighted by Crippen LogP contribution is 2.22. The molecule has 0 aliphatic heterocycles. The Balaban J connectivity index is 1.97. The Morgan fingerprint density at radius 1 is 1.38 bits per heavy atom. The summed E-state index contributed by atoms with van der Waals surface area (Å²) >= 11 is 7.54. The summed E-state index contributed by atoms with van der Waals surface area (Å²) in [6.45, 7) is 4.97. The minimum Gasteiger partial charge on any atom is -0.349 e. The van der Waals surface area contributed by atoms with Crippen molar-refractivity contribution in [3.8, 4) is 0 Å². The number of halogens is 1. The minimum atomic E-state index is 0.857. The molecule has 1 N–H and O–H groups in total. The van der Waals surface area contributed by atoms with Crippen LogP contribution in [0.5, 0.6) is 0 Å². The van der Waals surface area contributed by atoms with Crippen molar-refractivity contribution in [2.24, 2.45) is 0 Å². The van der Waals surface area contributed by atoms with Gasteiger partial charge in [0.1, 0.15) is 0 Å². The maximum atomic E-state index is 5.90. The predicted octanol–water partition coefficient (Wildman–Crippen LogP) is 3.36. The maximum Gasteiger partial charge on any atom is 0.0931 e. The van der Waals surface area contributed by atoms with Crippen molar-refractivity contribution in [2.45, 2.75) is 20.0 Å². The molecule has 2 aromatic rings. The number of hydrogen-bond acceptors (Lipinski definition) is 2. The summed E-state index contributed by atoms with van der Waals surface area (Å²) in [5.41, 5.74) is 1.32. The van der Waals surface area contributed by atoms with Crippen LogP contribution in [0.3, 0.4) is 0 Å². The van der Waals surface area contributed by atoms with Crippen LogP contribution in [-0.4, -0.2) is 11.1 Å². The molecule has 16 heavy (non-hydrogen) atoms. The number of thiophene rings is 1. The van der Waals surface area contributed by atoms with E-state index in [0.29, 0.717) is 0 Å². The van der Waals surface area contributed by atoms with Gasteiger partial charge in [-0.1, -0.05) is 18.5 Å². The van der Waals surface area contributed by atoms with Crippen molar-refractivity contribution in [3.63, 3.8) is 0 Å². The highest BCUT2D eigenvalue weighted by Gasteiger charge is 2.00. The van der Waals surface area contributed by atoms with Crippen LogP contribution in [0.25, 0.3) is 0 Å². The first-order valence-corrected chi connectivity index (χ1v) is 6.57. The summed E-state index contributed by atoms with van der Waals surface area (Å²) in [5, 5.41) is 3.31. The first-order chi connectivity index (χ1) is 7.78. The van der Waals surface area contributed by atoms with Gasteiger partial charge in [0.05, 0.1) is 10.9 Å². The Hall–Kier alpha value is -0.770. The van der Waals surface area contributed by atoms with Crippen LogP contribution >= 0.6 is 22.9 Å². The summed E-state index contributed by atoms with van der Waals surface area (Å²) in [6, 6.07) is 6.18. The van der Waals surface area contributed by atoms with Crippen molar-refractivity contribution in [1.29, 1.82) is 0 Å². The fraction of sp³-hybridized carbons (Fsp3) is 0.333. The lowest BCUT2D eigenvalue weighted by Crippen LogP contribution is -2.11. The van der Waals surface area contributed by atoms with Crippen molar-refractivity contribution >= 4 is 22.9 Å². The van der Waals surface area contributed by atoms with Crippen LogP contribution in [0.2, 0.25) is 4.34 Å². The summed E-state index contributed by atoms with van der Waals surface area (Å²) in [4.78, 5) is 1.29. The molecule has 0 fully saturated rings. The zero-order chi connectivity index (χ0) is 11.4. The highest BCUT2D eigenvalue weighted by molar-refractivity contribution is 7.16. The normalized spacial score (nSPS) is 10.9. The van der Waals surface area contributed by atoms with Gasteiger partial charge in [-0.3, -0.25) is 0 Å². The molecule has 0 unspecified atom stereocenters. The van der Waals surface area contributed by atoms with Crippen LogP contribution in [0, 0.1) is 0 Å². The summed E-state index contributed by atoms with van der Waals surface area (Å²) in [7, 11) is 0. The van der Waals surface area contributed by atoms with Gasteiger partial charge in [-0.25, -0.2) is 0 Å². The van der Waals surface area contributed by atoms with E-state index in [1.165, 1.54) is 10.4 Å². The van der Waals surface area contributed by atoms with E-state index in [4.69, 9.17) is 11.6 Å². The molecule has 0 radical (unpaired) electrons. The molecule has 4 heteroatoms. The molecule has 0 bridgehead atoms. The summed E-state index contributed by atoms with van der Waals surface area (Å²) in [6.07, 6.45) is 4.29. The van der Waals surface area contributed by atoms with Gasteiger partial charge in [0.15, 0.2) is 0 Å². The van der Waals surface area contributed by atoms with Crippen molar-refractivity contribution in [2.75, 3.05) is 6.54 Å². The topological polar surface area (TPSA) is 17.0 Å². The van der Waals surface area contributed by atoms with Crippen LogP contribution in [0.4, 0.5) is 0 Å². The lowest BCUT2D eigenvalue weighted by Gasteiger charge is -2.00. The van der Waals surface area contributed by atoms with Crippen LogP contribution in [0.1, 0.15) is 17.4 Å². The van der Waals surface area contributed by atoms with Gasteiger partial charge in [-0.05, 0) is 30.3 Å². The van der Waals surface area contributed by atoms with Gasteiger partial charge in [-0.2, -0.15) is 0 Å². The van der Waals surface area contributed by atoms with E-state index < -0.39 is 0 Å².